The minimum atomic E-state index is -0.0506. The number of fused-ring (bicyclic) bond motifs is 1. The van der Waals surface area contributed by atoms with E-state index in [1.165, 1.54) is 0 Å². The Kier molecular flexibility index (Phi) is 4.39. The molecule has 0 N–H and O–H groups in total. The van der Waals surface area contributed by atoms with Gasteiger partial charge in [0.05, 0.1) is 24.3 Å². The van der Waals surface area contributed by atoms with Gasteiger partial charge in [-0.25, -0.2) is 0 Å². The fourth-order valence-corrected chi connectivity index (χ4v) is 3.20. The van der Waals surface area contributed by atoms with Crippen molar-refractivity contribution in [1.29, 1.82) is 0 Å². The number of thiophene rings is 1. The lowest BCUT2D eigenvalue weighted by molar-refractivity contribution is 0.0786. The molecule has 0 bridgehead atoms. The molecule has 0 saturated heterocycles. The van der Waals surface area contributed by atoms with Gasteiger partial charge in [0, 0.05) is 17.5 Å². The van der Waals surface area contributed by atoms with Crippen molar-refractivity contribution in [2.24, 2.45) is 0 Å². The Labute approximate surface area is 139 Å². The van der Waals surface area contributed by atoms with E-state index < -0.39 is 0 Å². The Bertz CT molecular complexity index is 805. The van der Waals surface area contributed by atoms with Crippen LogP contribution in [0.15, 0.2) is 46.4 Å². The first kappa shape index (κ1) is 15.6. The predicted octanol–water partition coefficient (Wildman–Crippen LogP) is 4.55. The second kappa shape index (κ2) is 6.46. The molecule has 1 amide bonds. The van der Waals surface area contributed by atoms with Gasteiger partial charge in [0.15, 0.2) is 0 Å². The molecule has 3 rings (SSSR count). The largest absolute Gasteiger partial charge is 0.490 e. The average Bonchev–Trinajstić information content (AvgIpc) is 3.16. The van der Waals surface area contributed by atoms with Crippen molar-refractivity contribution in [2.75, 3.05) is 7.05 Å². The molecule has 3 aromatic rings. The molecule has 23 heavy (non-hydrogen) atoms. The molecule has 0 fully saturated rings. The molecule has 0 aliphatic rings. The van der Waals surface area contributed by atoms with Crippen molar-refractivity contribution >= 4 is 28.2 Å². The van der Waals surface area contributed by atoms with E-state index in [0.29, 0.717) is 23.4 Å². The van der Waals surface area contributed by atoms with Crippen molar-refractivity contribution in [2.45, 2.75) is 26.5 Å². The molecule has 2 heterocycles. The lowest BCUT2D eigenvalue weighted by Gasteiger charge is -2.17. The quantitative estimate of drug-likeness (QED) is 0.689. The number of rotatable bonds is 5. The van der Waals surface area contributed by atoms with Crippen LogP contribution in [0.25, 0.3) is 11.0 Å². The van der Waals surface area contributed by atoms with Gasteiger partial charge in [0.25, 0.3) is 5.91 Å². The zero-order valence-electron chi connectivity index (χ0n) is 13.4. The molecule has 0 atom stereocenters. The molecule has 0 unspecified atom stereocenters. The molecule has 120 valence electrons. The second-order valence-corrected chi connectivity index (χ2v) is 6.75. The number of furan rings is 1. The van der Waals surface area contributed by atoms with E-state index in [9.17, 15) is 4.79 Å². The van der Waals surface area contributed by atoms with Gasteiger partial charge in [-0.1, -0.05) is 6.07 Å². The minimum Gasteiger partial charge on any atom is -0.490 e. The van der Waals surface area contributed by atoms with Crippen molar-refractivity contribution in [3.8, 4) is 5.75 Å². The third-order valence-corrected chi connectivity index (χ3v) is 4.32. The molecular formula is C18H19NO3S. The van der Waals surface area contributed by atoms with Crippen LogP contribution in [-0.4, -0.2) is 24.0 Å². The highest BCUT2D eigenvalue weighted by Crippen LogP contribution is 2.30. The third kappa shape index (κ3) is 3.40. The standard InChI is InChI=1S/C18H19NO3S/c1-12(2)22-17-10-13(9-16-15(17)6-7-21-16)18(20)19(3)11-14-5-4-8-23-14/h4-10,12H,11H2,1-3H3. The minimum absolute atomic E-state index is 0.0299. The first-order valence-corrected chi connectivity index (χ1v) is 8.38. The highest BCUT2D eigenvalue weighted by atomic mass is 32.1. The van der Waals surface area contributed by atoms with Crippen LogP contribution in [0.1, 0.15) is 29.1 Å². The molecular weight excluding hydrogens is 310 g/mol. The van der Waals surface area contributed by atoms with E-state index in [2.05, 4.69) is 0 Å². The van der Waals surface area contributed by atoms with Crippen LogP contribution in [0.4, 0.5) is 0 Å². The Morgan fingerprint density at radius 1 is 1.35 bits per heavy atom. The monoisotopic (exact) mass is 329 g/mol. The number of hydrogen-bond donors (Lipinski definition) is 0. The molecule has 1 aromatic carbocycles. The SMILES string of the molecule is CC(C)Oc1cc(C(=O)N(C)Cc2cccs2)cc2occc12. The number of carbonyl (C=O) groups is 1. The van der Waals surface area contributed by atoms with E-state index in [0.717, 1.165) is 10.3 Å². The zero-order chi connectivity index (χ0) is 16.4. The smallest absolute Gasteiger partial charge is 0.254 e. The van der Waals surface area contributed by atoms with Crippen LogP contribution in [0.2, 0.25) is 0 Å². The van der Waals surface area contributed by atoms with Crippen LogP contribution < -0.4 is 4.74 Å². The van der Waals surface area contributed by atoms with Gasteiger partial charge in [-0.2, -0.15) is 0 Å². The molecule has 4 nitrogen and oxygen atoms in total. The summed E-state index contributed by atoms with van der Waals surface area (Å²) in [5.74, 6) is 0.629. The van der Waals surface area contributed by atoms with Crippen LogP contribution in [-0.2, 0) is 6.54 Å². The Morgan fingerprint density at radius 2 is 2.17 bits per heavy atom. The molecule has 0 saturated carbocycles. The lowest BCUT2D eigenvalue weighted by atomic mass is 10.1. The number of benzene rings is 1. The maximum Gasteiger partial charge on any atom is 0.254 e. The third-order valence-electron chi connectivity index (χ3n) is 3.46. The van der Waals surface area contributed by atoms with Crippen molar-refractivity contribution in [1.82, 2.24) is 4.90 Å². The maximum absolute atomic E-state index is 12.7. The number of amides is 1. The number of ether oxygens (including phenoxy) is 1. The zero-order valence-corrected chi connectivity index (χ0v) is 14.2. The van der Waals surface area contributed by atoms with Crippen LogP contribution in [0.3, 0.4) is 0 Å². The summed E-state index contributed by atoms with van der Waals surface area (Å²) in [7, 11) is 1.80. The Balaban J connectivity index is 1.90. The van der Waals surface area contributed by atoms with Crippen molar-refractivity contribution in [3.05, 3.63) is 52.4 Å². The van der Waals surface area contributed by atoms with E-state index >= 15 is 0 Å². The van der Waals surface area contributed by atoms with Gasteiger partial charge in [0.1, 0.15) is 11.3 Å². The summed E-state index contributed by atoms with van der Waals surface area (Å²) in [6.07, 6.45) is 1.64. The summed E-state index contributed by atoms with van der Waals surface area (Å²) in [4.78, 5) is 15.6. The molecule has 0 aliphatic carbocycles. The van der Waals surface area contributed by atoms with Gasteiger partial charge in [-0.3, -0.25) is 4.79 Å². The van der Waals surface area contributed by atoms with Gasteiger partial charge in [0.2, 0.25) is 0 Å². The lowest BCUT2D eigenvalue weighted by Crippen LogP contribution is -2.25. The van der Waals surface area contributed by atoms with E-state index in [4.69, 9.17) is 9.15 Å². The van der Waals surface area contributed by atoms with E-state index in [1.54, 1.807) is 41.7 Å². The predicted molar refractivity (Wildman–Crippen MR) is 92.1 cm³/mol. The molecule has 0 spiro atoms. The molecule has 0 radical (unpaired) electrons. The highest BCUT2D eigenvalue weighted by Gasteiger charge is 2.17. The summed E-state index contributed by atoms with van der Waals surface area (Å²) < 4.78 is 11.3. The first-order chi connectivity index (χ1) is 11.0. The van der Waals surface area contributed by atoms with Crippen molar-refractivity contribution < 1.29 is 13.9 Å². The first-order valence-electron chi connectivity index (χ1n) is 7.50. The van der Waals surface area contributed by atoms with Gasteiger partial charge >= 0.3 is 0 Å². The second-order valence-electron chi connectivity index (χ2n) is 5.71. The highest BCUT2D eigenvalue weighted by molar-refractivity contribution is 7.09. The maximum atomic E-state index is 12.7. The Morgan fingerprint density at radius 3 is 2.87 bits per heavy atom. The van der Waals surface area contributed by atoms with Crippen LogP contribution >= 0.6 is 11.3 Å². The van der Waals surface area contributed by atoms with Gasteiger partial charge < -0.3 is 14.1 Å². The molecule has 2 aromatic heterocycles. The summed E-state index contributed by atoms with van der Waals surface area (Å²) >= 11 is 1.64. The van der Waals surface area contributed by atoms with E-state index in [-0.39, 0.29) is 12.0 Å². The molecule has 5 heteroatoms. The fraction of sp³-hybridized carbons (Fsp3) is 0.278. The summed E-state index contributed by atoms with van der Waals surface area (Å²) in [6.45, 7) is 4.51. The number of nitrogens with zero attached hydrogens (tertiary/aromatic N) is 1. The molecule has 0 aliphatic heterocycles. The van der Waals surface area contributed by atoms with Crippen LogP contribution in [0, 0.1) is 0 Å². The summed E-state index contributed by atoms with van der Waals surface area (Å²) in [6, 6.07) is 9.44. The number of hydrogen-bond acceptors (Lipinski definition) is 4. The topological polar surface area (TPSA) is 42.7 Å². The fourth-order valence-electron chi connectivity index (χ4n) is 2.44. The van der Waals surface area contributed by atoms with Gasteiger partial charge in [-0.15, -0.1) is 11.3 Å². The Hall–Kier alpha value is -2.27. The summed E-state index contributed by atoms with van der Waals surface area (Å²) in [5.41, 5.74) is 1.23. The van der Waals surface area contributed by atoms with E-state index in [1.807, 2.05) is 37.4 Å². The average molecular weight is 329 g/mol. The summed E-state index contributed by atoms with van der Waals surface area (Å²) in [5, 5.41) is 2.90. The number of carbonyl (C=O) groups excluding carboxylic acids is 1. The van der Waals surface area contributed by atoms with Crippen molar-refractivity contribution in [3.63, 3.8) is 0 Å². The van der Waals surface area contributed by atoms with Crippen LogP contribution in [0.5, 0.6) is 5.75 Å². The normalized spacial score (nSPS) is 11.1. The van der Waals surface area contributed by atoms with Gasteiger partial charge in [-0.05, 0) is 43.5 Å².